The standard InChI is InChI=1S/C14H20FN3O2S/c15-12-3-4-14(13(16)9-12)21(19,20)18-7-5-17(6-8-18)10-11-1-2-11/h3-4,9,11H,1-2,5-8,10,16H2. The van der Waals surface area contributed by atoms with Crippen LogP contribution in [-0.2, 0) is 10.0 Å². The van der Waals surface area contributed by atoms with Crippen LogP contribution in [0.1, 0.15) is 12.8 Å². The van der Waals surface area contributed by atoms with Crippen molar-refractivity contribution in [3.05, 3.63) is 24.0 Å². The van der Waals surface area contributed by atoms with Crippen LogP contribution in [0.25, 0.3) is 0 Å². The first-order valence-electron chi connectivity index (χ1n) is 7.24. The van der Waals surface area contributed by atoms with E-state index < -0.39 is 15.8 Å². The van der Waals surface area contributed by atoms with E-state index in [1.165, 1.54) is 23.2 Å². The van der Waals surface area contributed by atoms with E-state index in [0.717, 1.165) is 37.7 Å². The van der Waals surface area contributed by atoms with E-state index in [0.29, 0.717) is 13.1 Å². The number of piperazine rings is 1. The summed E-state index contributed by atoms with van der Waals surface area (Å²) in [6.07, 6.45) is 2.59. The zero-order chi connectivity index (χ0) is 15.0. The van der Waals surface area contributed by atoms with Crippen molar-refractivity contribution >= 4 is 15.7 Å². The average Bonchev–Trinajstić information content (AvgIpc) is 3.23. The molecule has 0 aromatic heterocycles. The lowest BCUT2D eigenvalue weighted by molar-refractivity contribution is 0.182. The van der Waals surface area contributed by atoms with Crippen molar-refractivity contribution in [1.82, 2.24) is 9.21 Å². The second kappa shape index (κ2) is 5.55. The number of nitrogen functional groups attached to an aromatic ring is 1. The van der Waals surface area contributed by atoms with Crippen LogP contribution in [0.4, 0.5) is 10.1 Å². The molecule has 116 valence electrons. The van der Waals surface area contributed by atoms with E-state index in [-0.39, 0.29) is 10.6 Å². The number of rotatable bonds is 4. The number of halogens is 1. The SMILES string of the molecule is Nc1cc(F)ccc1S(=O)(=O)N1CCN(CC2CC2)CC1. The summed E-state index contributed by atoms with van der Waals surface area (Å²) in [5.74, 6) is 0.279. The van der Waals surface area contributed by atoms with E-state index in [1.807, 2.05) is 0 Å². The Morgan fingerprint density at radius 1 is 1.19 bits per heavy atom. The van der Waals surface area contributed by atoms with Gasteiger partial charge in [-0.2, -0.15) is 4.31 Å². The van der Waals surface area contributed by atoms with Crippen molar-refractivity contribution in [2.75, 3.05) is 38.5 Å². The summed E-state index contributed by atoms with van der Waals surface area (Å²) < 4.78 is 39.6. The predicted octanol–water partition coefficient (Wildman–Crippen LogP) is 1.12. The molecule has 1 aromatic carbocycles. The van der Waals surface area contributed by atoms with Crippen molar-refractivity contribution in [2.24, 2.45) is 5.92 Å². The maximum Gasteiger partial charge on any atom is 0.245 e. The Morgan fingerprint density at radius 2 is 1.86 bits per heavy atom. The summed E-state index contributed by atoms with van der Waals surface area (Å²) in [7, 11) is -3.63. The van der Waals surface area contributed by atoms with Gasteiger partial charge in [-0.05, 0) is 37.0 Å². The molecule has 0 radical (unpaired) electrons. The van der Waals surface area contributed by atoms with Gasteiger partial charge in [0, 0.05) is 32.7 Å². The van der Waals surface area contributed by atoms with Gasteiger partial charge in [-0.25, -0.2) is 12.8 Å². The minimum atomic E-state index is -3.63. The fraction of sp³-hybridized carbons (Fsp3) is 0.571. The average molecular weight is 313 g/mol. The van der Waals surface area contributed by atoms with Crippen LogP contribution in [-0.4, -0.2) is 50.3 Å². The first kappa shape index (κ1) is 14.7. The van der Waals surface area contributed by atoms with Crippen LogP contribution in [0.15, 0.2) is 23.1 Å². The number of hydrogen-bond acceptors (Lipinski definition) is 4. The molecule has 0 unspecified atom stereocenters. The highest BCUT2D eigenvalue weighted by Gasteiger charge is 2.32. The molecule has 21 heavy (non-hydrogen) atoms. The number of nitrogens with two attached hydrogens (primary N) is 1. The fourth-order valence-electron chi connectivity index (χ4n) is 2.71. The van der Waals surface area contributed by atoms with Crippen molar-refractivity contribution in [1.29, 1.82) is 0 Å². The lowest BCUT2D eigenvalue weighted by atomic mass is 10.3. The third-order valence-corrected chi connectivity index (χ3v) is 6.11. The third-order valence-electron chi connectivity index (χ3n) is 4.13. The Morgan fingerprint density at radius 3 is 2.43 bits per heavy atom. The highest BCUT2D eigenvalue weighted by molar-refractivity contribution is 7.89. The molecular weight excluding hydrogens is 293 g/mol. The Labute approximate surface area is 124 Å². The number of nitrogens with zero attached hydrogens (tertiary/aromatic N) is 2. The summed E-state index contributed by atoms with van der Waals surface area (Å²) in [6.45, 7) is 3.50. The van der Waals surface area contributed by atoms with Crippen LogP contribution in [0.2, 0.25) is 0 Å². The van der Waals surface area contributed by atoms with Crippen molar-refractivity contribution in [3.63, 3.8) is 0 Å². The third kappa shape index (κ3) is 3.20. The molecule has 7 heteroatoms. The maximum atomic E-state index is 13.1. The second-order valence-electron chi connectivity index (χ2n) is 5.83. The van der Waals surface area contributed by atoms with Gasteiger partial charge in [0.2, 0.25) is 10.0 Å². The molecule has 5 nitrogen and oxygen atoms in total. The van der Waals surface area contributed by atoms with Crippen LogP contribution < -0.4 is 5.73 Å². The number of anilines is 1. The lowest BCUT2D eigenvalue weighted by Crippen LogP contribution is -2.49. The molecule has 2 fully saturated rings. The smallest absolute Gasteiger partial charge is 0.245 e. The van der Waals surface area contributed by atoms with Gasteiger partial charge in [-0.3, -0.25) is 0 Å². The molecule has 0 bridgehead atoms. The molecule has 1 aliphatic carbocycles. The summed E-state index contributed by atoms with van der Waals surface area (Å²) in [4.78, 5) is 2.32. The van der Waals surface area contributed by atoms with Crippen LogP contribution >= 0.6 is 0 Å². The van der Waals surface area contributed by atoms with Crippen LogP contribution in [0.5, 0.6) is 0 Å². The number of hydrogen-bond donors (Lipinski definition) is 1. The summed E-state index contributed by atoms with van der Waals surface area (Å²) in [6, 6.07) is 3.43. The van der Waals surface area contributed by atoms with Gasteiger partial charge in [0.15, 0.2) is 0 Å². The molecule has 1 heterocycles. The Hall–Kier alpha value is -1.18. The molecule has 3 rings (SSSR count). The maximum absolute atomic E-state index is 13.1. The van der Waals surface area contributed by atoms with Gasteiger partial charge in [-0.15, -0.1) is 0 Å². The van der Waals surface area contributed by atoms with E-state index in [1.54, 1.807) is 0 Å². The van der Waals surface area contributed by atoms with Gasteiger partial charge >= 0.3 is 0 Å². The zero-order valence-electron chi connectivity index (χ0n) is 11.8. The zero-order valence-corrected chi connectivity index (χ0v) is 12.7. The normalized spacial score (nSPS) is 21.6. The van der Waals surface area contributed by atoms with Gasteiger partial charge in [0.05, 0.1) is 5.69 Å². The van der Waals surface area contributed by atoms with E-state index in [4.69, 9.17) is 5.73 Å². The topological polar surface area (TPSA) is 66.6 Å². The Bertz CT molecular complexity index is 623. The molecule has 1 saturated heterocycles. The summed E-state index contributed by atoms with van der Waals surface area (Å²) in [5.41, 5.74) is 5.63. The monoisotopic (exact) mass is 313 g/mol. The Balaban J connectivity index is 1.70. The molecule has 0 atom stereocenters. The molecule has 1 saturated carbocycles. The van der Waals surface area contributed by atoms with Crippen molar-refractivity contribution < 1.29 is 12.8 Å². The molecule has 2 aliphatic rings. The molecule has 2 N–H and O–H groups in total. The highest BCUT2D eigenvalue weighted by Crippen LogP contribution is 2.30. The first-order chi connectivity index (χ1) is 9.96. The van der Waals surface area contributed by atoms with Gasteiger partial charge in [0.1, 0.15) is 10.7 Å². The Kier molecular flexibility index (Phi) is 3.90. The van der Waals surface area contributed by atoms with Crippen molar-refractivity contribution in [2.45, 2.75) is 17.7 Å². The second-order valence-corrected chi connectivity index (χ2v) is 7.74. The van der Waals surface area contributed by atoms with Gasteiger partial charge in [-0.1, -0.05) is 0 Å². The van der Waals surface area contributed by atoms with Crippen molar-refractivity contribution in [3.8, 4) is 0 Å². The molecule has 1 aromatic rings. The minimum absolute atomic E-state index is 0.000423. The van der Waals surface area contributed by atoms with Crippen LogP contribution in [0.3, 0.4) is 0 Å². The summed E-state index contributed by atoms with van der Waals surface area (Å²) in [5, 5.41) is 0. The van der Waals surface area contributed by atoms with E-state index in [9.17, 15) is 12.8 Å². The van der Waals surface area contributed by atoms with E-state index >= 15 is 0 Å². The van der Waals surface area contributed by atoms with Gasteiger partial charge in [0.25, 0.3) is 0 Å². The largest absolute Gasteiger partial charge is 0.398 e. The number of benzene rings is 1. The van der Waals surface area contributed by atoms with Crippen LogP contribution in [0, 0.1) is 11.7 Å². The fourth-order valence-corrected chi connectivity index (χ4v) is 4.23. The van der Waals surface area contributed by atoms with E-state index in [2.05, 4.69) is 4.90 Å². The quantitative estimate of drug-likeness (QED) is 0.846. The minimum Gasteiger partial charge on any atom is -0.398 e. The predicted molar refractivity (Wildman–Crippen MR) is 78.7 cm³/mol. The first-order valence-corrected chi connectivity index (χ1v) is 8.68. The van der Waals surface area contributed by atoms with Gasteiger partial charge < -0.3 is 10.6 Å². The molecule has 0 amide bonds. The molecule has 0 spiro atoms. The molecular formula is C14H20FN3O2S. The lowest BCUT2D eigenvalue weighted by Gasteiger charge is -2.34. The highest BCUT2D eigenvalue weighted by atomic mass is 32.2. The molecule has 1 aliphatic heterocycles. The number of sulfonamides is 1. The summed E-state index contributed by atoms with van der Waals surface area (Å²) >= 11 is 0.